The lowest BCUT2D eigenvalue weighted by Crippen LogP contribution is -2.25. The van der Waals surface area contributed by atoms with Crippen LogP contribution in [0.1, 0.15) is 48.0 Å². The Labute approximate surface area is 140 Å². The number of allylic oxidation sites excluding steroid dienone is 2. The predicted octanol–water partition coefficient (Wildman–Crippen LogP) is 4.18. The SMILES string of the molecule is CCOC(=O)C(C/C=C/C#CC(C)(C)C)P(=O)(OCC)OCC. The summed E-state index contributed by atoms with van der Waals surface area (Å²) in [5.41, 5.74) is -1.08. The Morgan fingerprint density at radius 2 is 1.70 bits per heavy atom. The zero-order chi connectivity index (χ0) is 17.9. The van der Waals surface area contributed by atoms with E-state index in [0.29, 0.717) is 0 Å². The van der Waals surface area contributed by atoms with Gasteiger partial charge in [0, 0.05) is 5.41 Å². The Morgan fingerprint density at radius 3 is 2.13 bits per heavy atom. The Bertz CT molecular complexity index is 483. The quantitative estimate of drug-likeness (QED) is 0.357. The Hall–Kier alpha value is -1.08. The lowest BCUT2D eigenvalue weighted by Gasteiger charge is -2.23. The van der Waals surface area contributed by atoms with E-state index in [1.54, 1.807) is 32.9 Å². The number of ether oxygens (including phenoxy) is 1. The van der Waals surface area contributed by atoms with Crippen molar-refractivity contribution < 1.29 is 23.1 Å². The second-order valence-corrected chi connectivity index (χ2v) is 8.02. The van der Waals surface area contributed by atoms with Gasteiger partial charge >= 0.3 is 13.6 Å². The standard InChI is InChI=1S/C17H29O5P/c1-7-20-16(18)15(23(19,21-8-2)22-9-3)13-11-10-12-14-17(4,5)6/h10-11,15H,7-9,13H2,1-6H3/b11-10+. The van der Waals surface area contributed by atoms with Gasteiger partial charge < -0.3 is 13.8 Å². The molecule has 132 valence electrons. The Morgan fingerprint density at radius 1 is 1.13 bits per heavy atom. The summed E-state index contributed by atoms with van der Waals surface area (Å²) in [7, 11) is -3.57. The largest absolute Gasteiger partial charge is 0.465 e. The molecule has 0 aliphatic heterocycles. The molecule has 0 radical (unpaired) electrons. The van der Waals surface area contributed by atoms with Crippen LogP contribution in [0.5, 0.6) is 0 Å². The van der Waals surface area contributed by atoms with Crippen LogP contribution in [0.2, 0.25) is 0 Å². The van der Waals surface area contributed by atoms with Crippen LogP contribution >= 0.6 is 7.60 Å². The van der Waals surface area contributed by atoms with Crippen LogP contribution in [0, 0.1) is 17.3 Å². The molecule has 0 aromatic carbocycles. The molecule has 0 fully saturated rings. The minimum absolute atomic E-state index is 0.100. The molecule has 0 bridgehead atoms. The highest BCUT2D eigenvalue weighted by molar-refractivity contribution is 7.55. The second kappa shape index (κ2) is 10.6. The van der Waals surface area contributed by atoms with Crippen molar-refractivity contribution >= 4 is 13.6 Å². The fraction of sp³-hybridized carbons (Fsp3) is 0.706. The molecule has 0 aromatic rings. The van der Waals surface area contributed by atoms with Crippen LogP contribution in [0.4, 0.5) is 0 Å². The first-order chi connectivity index (χ1) is 10.7. The molecule has 5 nitrogen and oxygen atoms in total. The predicted molar refractivity (Wildman–Crippen MR) is 92.3 cm³/mol. The Balaban J connectivity index is 5.21. The molecular weight excluding hydrogens is 315 g/mol. The first-order valence-corrected chi connectivity index (χ1v) is 9.54. The zero-order valence-corrected chi connectivity index (χ0v) is 15.9. The molecular formula is C17H29O5P. The van der Waals surface area contributed by atoms with Crippen molar-refractivity contribution in [3.63, 3.8) is 0 Å². The summed E-state index contributed by atoms with van der Waals surface area (Å²) < 4.78 is 28.4. The van der Waals surface area contributed by atoms with Crippen molar-refractivity contribution in [3.8, 4) is 11.8 Å². The van der Waals surface area contributed by atoms with Gasteiger partial charge in [-0.25, -0.2) is 0 Å². The Kier molecular flexibility index (Phi) is 10.1. The van der Waals surface area contributed by atoms with Gasteiger partial charge in [-0.2, -0.15) is 0 Å². The van der Waals surface area contributed by atoms with E-state index in [-0.39, 0.29) is 31.7 Å². The van der Waals surface area contributed by atoms with E-state index in [0.717, 1.165) is 0 Å². The summed E-state index contributed by atoms with van der Waals surface area (Å²) in [6, 6.07) is 0. The minimum atomic E-state index is -3.57. The van der Waals surface area contributed by atoms with Gasteiger partial charge in [0.05, 0.1) is 19.8 Å². The number of rotatable bonds is 9. The average Bonchev–Trinajstić information content (AvgIpc) is 2.42. The van der Waals surface area contributed by atoms with Crippen molar-refractivity contribution in [2.75, 3.05) is 19.8 Å². The van der Waals surface area contributed by atoms with Crippen molar-refractivity contribution in [2.24, 2.45) is 5.41 Å². The summed E-state index contributed by atoms with van der Waals surface area (Å²) in [5.74, 6) is 5.39. The third kappa shape index (κ3) is 8.95. The monoisotopic (exact) mass is 344 g/mol. The molecule has 0 saturated heterocycles. The van der Waals surface area contributed by atoms with Crippen LogP contribution < -0.4 is 0 Å². The highest BCUT2D eigenvalue weighted by Gasteiger charge is 2.41. The van der Waals surface area contributed by atoms with Crippen molar-refractivity contribution in [2.45, 2.75) is 53.6 Å². The third-order valence-electron chi connectivity index (χ3n) is 2.57. The molecule has 0 saturated carbocycles. The molecule has 1 atom stereocenters. The summed E-state index contributed by atoms with van der Waals surface area (Å²) in [6.07, 6.45) is 3.54. The van der Waals surface area contributed by atoms with Gasteiger partial charge in [0.2, 0.25) is 0 Å². The molecule has 0 aliphatic rings. The van der Waals surface area contributed by atoms with Crippen molar-refractivity contribution in [3.05, 3.63) is 12.2 Å². The highest BCUT2D eigenvalue weighted by atomic mass is 31.2. The van der Waals surface area contributed by atoms with Crippen LogP contribution in [-0.4, -0.2) is 31.4 Å². The summed E-state index contributed by atoms with van der Waals surface area (Å²) in [6.45, 7) is 11.7. The average molecular weight is 344 g/mol. The van der Waals surface area contributed by atoms with Gasteiger partial charge in [0.1, 0.15) is 0 Å². The molecule has 0 aliphatic carbocycles. The van der Waals surface area contributed by atoms with E-state index in [9.17, 15) is 9.36 Å². The van der Waals surface area contributed by atoms with Gasteiger partial charge in [-0.1, -0.05) is 17.9 Å². The summed E-state index contributed by atoms with van der Waals surface area (Å²) in [4.78, 5) is 12.1. The number of hydrogen-bond donors (Lipinski definition) is 0. The van der Waals surface area contributed by atoms with E-state index >= 15 is 0 Å². The van der Waals surface area contributed by atoms with Crippen LogP contribution in [0.3, 0.4) is 0 Å². The molecule has 0 N–H and O–H groups in total. The fourth-order valence-corrected chi connectivity index (χ4v) is 3.55. The molecule has 23 heavy (non-hydrogen) atoms. The van der Waals surface area contributed by atoms with E-state index in [2.05, 4.69) is 11.8 Å². The number of hydrogen-bond acceptors (Lipinski definition) is 5. The van der Waals surface area contributed by atoms with E-state index < -0.39 is 19.2 Å². The lowest BCUT2D eigenvalue weighted by molar-refractivity contribution is -0.143. The van der Waals surface area contributed by atoms with Crippen LogP contribution in [-0.2, 0) is 23.1 Å². The van der Waals surface area contributed by atoms with Crippen molar-refractivity contribution in [1.82, 2.24) is 0 Å². The maximum absolute atomic E-state index is 12.8. The van der Waals surface area contributed by atoms with Crippen molar-refractivity contribution in [1.29, 1.82) is 0 Å². The van der Waals surface area contributed by atoms with Gasteiger partial charge in [-0.15, -0.1) is 0 Å². The summed E-state index contributed by atoms with van der Waals surface area (Å²) in [5, 5.41) is 0. The number of carbonyl (C=O) groups excluding carboxylic acids is 1. The minimum Gasteiger partial charge on any atom is -0.465 e. The van der Waals surface area contributed by atoms with Gasteiger partial charge in [-0.05, 0) is 54.0 Å². The maximum Gasteiger partial charge on any atom is 0.345 e. The topological polar surface area (TPSA) is 61.8 Å². The number of esters is 1. The second-order valence-electron chi connectivity index (χ2n) is 5.80. The van der Waals surface area contributed by atoms with E-state index in [1.165, 1.54) is 0 Å². The van der Waals surface area contributed by atoms with Crippen LogP contribution in [0.15, 0.2) is 12.2 Å². The fourth-order valence-electron chi connectivity index (χ4n) is 1.68. The van der Waals surface area contributed by atoms with Gasteiger partial charge in [-0.3, -0.25) is 9.36 Å². The third-order valence-corrected chi connectivity index (χ3v) is 4.99. The van der Waals surface area contributed by atoms with Crippen LogP contribution in [0.25, 0.3) is 0 Å². The van der Waals surface area contributed by atoms with E-state index in [4.69, 9.17) is 13.8 Å². The smallest absolute Gasteiger partial charge is 0.345 e. The summed E-state index contributed by atoms with van der Waals surface area (Å²) >= 11 is 0. The zero-order valence-electron chi connectivity index (χ0n) is 15.0. The normalized spacial score (nSPS) is 13.5. The molecule has 0 amide bonds. The highest BCUT2D eigenvalue weighted by Crippen LogP contribution is 2.54. The molecule has 0 rings (SSSR count). The molecule has 0 aromatic heterocycles. The first-order valence-electron chi connectivity index (χ1n) is 7.93. The van der Waals surface area contributed by atoms with Gasteiger partial charge in [0.15, 0.2) is 5.66 Å². The number of carbonyl (C=O) groups is 1. The molecule has 0 heterocycles. The molecule has 1 unspecified atom stereocenters. The van der Waals surface area contributed by atoms with Gasteiger partial charge in [0.25, 0.3) is 0 Å². The van der Waals surface area contributed by atoms with E-state index in [1.807, 2.05) is 20.8 Å². The maximum atomic E-state index is 12.8. The molecule has 6 heteroatoms. The first kappa shape index (κ1) is 21.9. The lowest BCUT2D eigenvalue weighted by atomic mass is 9.98. The molecule has 0 spiro atoms.